The first kappa shape index (κ1) is 23.6. The lowest BCUT2D eigenvalue weighted by molar-refractivity contribution is 0.249. The fourth-order valence-electron chi connectivity index (χ4n) is 4.50. The molecule has 3 heteroatoms. The maximum absolute atomic E-state index is 3.24. The maximum atomic E-state index is 3.24. The van der Waals surface area contributed by atoms with Crippen LogP contribution < -0.4 is 10.6 Å². The summed E-state index contributed by atoms with van der Waals surface area (Å²) in [4.78, 5) is 2.57. The molecule has 34 heavy (non-hydrogen) atoms. The third-order valence-electron chi connectivity index (χ3n) is 6.44. The Bertz CT molecular complexity index is 1020. The number of nitrogens with one attached hydrogen (secondary N) is 2. The van der Waals surface area contributed by atoms with Crippen LogP contribution >= 0.6 is 0 Å². The summed E-state index contributed by atoms with van der Waals surface area (Å²) in [6.45, 7) is 2.90. The molecule has 4 rings (SSSR count). The van der Waals surface area contributed by atoms with Crippen molar-refractivity contribution < 1.29 is 0 Å². The summed E-state index contributed by atoms with van der Waals surface area (Å²) >= 11 is 0. The highest BCUT2D eigenvalue weighted by Gasteiger charge is 2.17. The highest BCUT2D eigenvalue weighted by Crippen LogP contribution is 2.30. The van der Waals surface area contributed by atoms with Crippen LogP contribution in [0, 0.1) is 0 Å². The van der Waals surface area contributed by atoms with Gasteiger partial charge in [0.25, 0.3) is 0 Å². The monoisotopic (exact) mass is 449 g/mol. The molecule has 0 amide bonds. The van der Waals surface area contributed by atoms with Crippen LogP contribution in [0.3, 0.4) is 0 Å². The van der Waals surface area contributed by atoms with Crippen LogP contribution in [0.4, 0.5) is 11.4 Å². The third kappa shape index (κ3) is 6.49. The van der Waals surface area contributed by atoms with Gasteiger partial charge >= 0.3 is 0 Å². The van der Waals surface area contributed by atoms with E-state index in [1.54, 1.807) is 0 Å². The Morgan fingerprint density at radius 2 is 0.971 bits per heavy atom. The van der Waals surface area contributed by atoms with Gasteiger partial charge in [0.15, 0.2) is 0 Å². The predicted molar refractivity (Wildman–Crippen MR) is 145 cm³/mol. The van der Waals surface area contributed by atoms with Gasteiger partial charge in [-0.3, -0.25) is 4.90 Å². The predicted octanol–water partition coefficient (Wildman–Crippen LogP) is 6.99. The average Bonchev–Trinajstić information content (AvgIpc) is 2.90. The van der Waals surface area contributed by atoms with E-state index < -0.39 is 0 Å². The SMILES string of the molecule is CNc1ccc(C(CCN(Cc2ccccc2)Cc2ccccc2)c2ccc(NC)cc2)cc1. The summed E-state index contributed by atoms with van der Waals surface area (Å²) < 4.78 is 0. The molecule has 0 aliphatic carbocycles. The van der Waals surface area contributed by atoms with Crippen LogP contribution in [0.15, 0.2) is 109 Å². The Kier molecular flexibility index (Phi) is 8.37. The van der Waals surface area contributed by atoms with Crippen LogP contribution in [0.2, 0.25) is 0 Å². The van der Waals surface area contributed by atoms with Gasteiger partial charge in [-0.2, -0.15) is 0 Å². The van der Waals surface area contributed by atoms with Gasteiger partial charge in [-0.25, -0.2) is 0 Å². The van der Waals surface area contributed by atoms with Crippen molar-refractivity contribution >= 4 is 11.4 Å². The van der Waals surface area contributed by atoms with Gasteiger partial charge in [-0.15, -0.1) is 0 Å². The van der Waals surface area contributed by atoms with Crippen molar-refractivity contribution in [3.63, 3.8) is 0 Å². The molecule has 4 aromatic carbocycles. The summed E-state index contributed by atoms with van der Waals surface area (Å²) in [7, 11) is 3.93. The molecule has 0 radical (unpaired) electrons. The molecule has 0 spiro atoms. The summed E-state index contributed by atoms with van der Waals surface area (Å²) in [6, 6.07) is 39.4. The van der Waals surface area contributed by atoms with Crippen molar-refractivity contribution in [1.82, 2.24) is 4.90 Å². The molecule has 0 unspecified atom stereocenters. The van der Waals surface area contributed by atoms with Gasteiger partial charge < -0.3 is 10.6 Å². The largest absolute Gasteiger partial charge is 0.388 e. The molecule has 3 nitrogen and oxygen atoms in total. The minimum atomic E-state index is 0.339. The first-order chi connectivity index (χ1) is 16.7. The average molecular weight is 450 g/mol. The molecule has 174 valence electrons. The normalized spacial score (nSPS) is 11.1. The lowest BCUT2D eigenvalue weighted by atomic mass is 9.88. The molecular weight excluding hydrogens is 414 g/mol. The van der Waals surface area contributed by atoms with E-state index >= 15 is 0 Å². The fraction of sp³-hybridized carbons (Fsp3) is 0.226. The Balaban J connectivity index is 1.57. The number of benzene rings is 4. The van der Waals surface area contributed by atoms with Crippen molar-refractivity contribution in [3.8, 4) is 0 Å². The van der Waals surface area contributed by atoms with Crippen molar-refractivity contribution in [3.05, 3.63) is 131 Å². The number of rotatable bonds is 11. The number of hydrogen-bond donors (Lipinski definition) is 2. The molecule has 2 N–H and O–H groups in total. The summed E-state index contributed by atoms with van der Waals surface area (Å²) in [6.07, 6.45) is 1.05. The highest BCUT2D eigenvalue weighted by molar-refractivity contribution is 5.48. The number of hydrogen-bond acceptors (Lipinski definition) is 3. The zero-order valence-electron chi connectivity index (χ0n) is 20.2. The molecule has 0 aliphatic rings. The van der Waals surface area contributed by atoms with Gasteiger partial charge in [0.2, 0.25) is 0 Å². The molecule has 0 aromatic heterocycles. The number of nitrogens with zero attached hydrogens (tertiary/aromatic N) is 1. The van der Waals surface area contributed by atoms with E-state index in [1.807, 2.05) is 14.1 Å². The molecular formula is C31H35N3. The summed E-state index contributed by atoms with van der Waals surface area (Å²) in [5.41, 5.74) is 7.70. The second kappa shape index (κ2) is 12.1. The van der Waals surface area contributed by atoms with Gasteiger partial charge in [0.1, 0.15) is 0 Å². The van der Waals surface area contributed by atoms with E-state index in [0.717, 1.165) is 37.4 Å². The van der Waals surface area contributed by atoms with Crippen LogP contribution in [-0.2, 0) is 13.1 Å². The molecule has 4 aromatic rings. The van der Waals surface area contributed by atoms with Crippen LogP contribution in [0.25, 0.3) is 0 Å². The summed E-state index contributed by atoms with van der Waals surface area (Å²) in [5.74, 6) is 0.339. The van der Waals surface area contributed by atoms with Crippen LogP contribution in [-0.4, -0.2) is 25.5 Å². The second-order valence-corrected chi connectivity index (χ2v) is 8.77. The quantitative estimate of drug-likeness (QED) is 0.258. The lowest BCUT2D eigenvalue weighted by Crippen LogP contribution is -2.25. The zero-order chi connectivity index (χ0) is 23.6. The van der Waals surface area contributed by atoms with E-state index in [2.05, 4.69) is 125 Å². The Morgan fingerprint density at radius 1 is 0.559 bits per heavy atom. The van der Waals surface area contributed by atoms with Crippen molar-refractivity contribution in [2.24, 2.45) is 0 Å². The molecule has 0 fully saturated rings. The molecule has 0 saturated carbocycles. The van der Waals surface area contributed by atoms with Crippen molar-refractivity contribution in [2.75, 3.05) is 31.3 Å². The lowest BCUT2D eigenvalue weighted by Gasteiger charge is -2.26. The molecule has 0 atom stereocenters. The van der Waals surface area contributed by atoms with E-state index in [-0.39, 0.29) is 0 Å². The van der Waals surface area contributed by atoms with Crippen molar-refractivity contribution in [1.29, 1.82) is 0 Å². The smallest absolute Gasteiger partial charge is 0.0337 e. The van der Waals surface area contributed by atoms with Crippen LogP contribution in [0.5, 0.6) is 0 Å². The summed E-state index contributed by atoms with van der Waals surface area (Å²) in [5, 5.41) is 6.47. The highest BCUT2D eigenvalue weighted by atomic mass is 15.1. The number of anilines is 2. The van der Waals surface area contributed by atoms with Gasteiger partial charge in [0.05, 0.1) is 0 Å². The topological polar surface area (TPSA) is 27.3 Å². The maximum Gasteiger partial charge on any atom is 0.0337 e. The van der Waals surface area contributed by atoms with Gasteiger partial charge in [-0.1, -0.05) is 84.9 Å². The molecule has 0 heterocycles. The van der Waals surface area contributed by atoms with E-state index in [1.165, 1.54) is 22.3 Å². The van der Waals surface area contributed by atoms with Gasteiger partial charge in [0, 0.05) is 44.5 Å². The Labute approximate surface area is 204 Å². The molecule has 0 bridgehead atoms. The minimum Gasteiger partial charge on any atom is -0.388 e. The standard InChI is InChI=1S/C31H35N3/c1-32-29-17-13-27(14-18-29)31(28-15-19-30(33-2)20-16-28)21-22-34(23-25-9-5-3-6-10-25)24-26-11-7-4-8-12-26/h3-20,31-33H,21-24H2,1-2H3. The van der Waals surface area contributed by atoms with Gasteiger partial charge in [-0.05, 0) is 59.5 Å². The van der Waals surface area contributed by atoms with E-state index in [0.29, 0.717) is 5.92 Å². The van der Waals surface area contributed by atoms with E-state index in [9.17, 15) is 0 Å². The zero-order valence-corrected chi connectivity index (χ0v) is 20.2. The Hall–Kier alpha value is -3.56. The van der Waals surface area contributed by atoms with Crippen molar-refractivity contribution in [2.45, 2.75) is 25.4 Å². The second-order valence-electron chi connectivity index (χ2n) is 8.77. The van der Waals surface area contributed by atoms with E-state index in [4.69, 9.17) is 0 Å². The molecule has 0 aliphatic heterocycles. The first-order valence-electron chi connectivity index (χ1n) is 12.1. The fourth-order valence-corrected chi connectivity index (χ4v) is 4.50. The van der Waals surface area contributed by atoms with Crippen LogP contribution in [0.1, 0.15) is 34.6 Å². The molecule has 0 saturated heterocycles. The first-order valence-corrected chi connectivity index (χ1v) is 12.1. The third-order valence-corrected chi connectivity index (χ3v) is 6.44. The Morgan fingerprint density at radius 3 is 1.35 bits per heavy atom. The minimum absolute atomic E-state index is 0.339.